The first-order chi connectivity index (χ1) is 23.7. The van der Waals surface area contributed by atoms with Gasteiger partial charge in [0.1, 0.15) is 0 Å². The second kappa shape index (κ2) is 11.9. The lowest BCUT2D eigenvalue weighted by Gasteiger charge is -2.37. The van der Waals surface area contributed by atoms with Crippen LogP contribution in [-0.2, 0) is 4.65 Å². The van der Waals surface area contributed by atoms with Gasteiger partial charge in [-0.15, -0.1) is 0 Å². The third-order valence-corrected chi connectivity index (χ3v) is 9.71. The summed E-state index contributed by atoms with van der Waals surface area (Å²) in [6.45, 7) is 7.28. The summed E-state index contributed by atoms with van der Waals surface area (Å²) in [6.07, 6.45) is 0. The molecule has 49 heavy (non-hydrogen) atoms. The highest BCUT2D eigenvalue weighted by Gasteiger charge is 2.36. The Hall–Kier alpha value is -5.43. The Morgan fingerprint density at radius 3 is 1.80 bits per heavy atom. The number of nitrogens with zero attached hydrogens (tertiary/aromatic N) is 3. The van der Waals surface area contributed by atoms with E-state index >= 15 is 0 Å². The Morgan fingerprint density at radius 2 is 1.12 bits per heavy atom. The monoisotopic (exact) mass is 636 g/mol. The lowest BCUT2D eigenvalue weighted by atomic mass is 9.80. The Kier molecular flexibility index (Phi) is 7.51. The predicted molar refractivity (Wildman–Crippen MR) is 203 cm³/mol. The summed E-state index contributed by atoms with van der Waals surface area (Å²) in [4.78, 5) is 16.2. The summed E-state index contributed by atoms with van der Waals surface area (Å²) in [6, 6.07) is 45.6. The number of rotatable bonds is 7. The van der Waals surface area contributed by atoms with E-state index in [0.717, 1.165) is 71.8 Å². The lowest BCUT2D eigenvalue weighted by molar-refractivity contribution is -0.0893. The zero-order valence-corrected chi connectivity index (χ0v) is 28.0. The number of hydrogen-bond donors (Lipinski definition) is 1. The van der Waals surface area contributed by atoms with Crippen LogP contribution in [0.15, 0.2) is 133 Å². The average molecular weight is 637 g/mol. The van der Waals surface area contributed by atoms with Crippen molar-refractivity contribution in [2.75, 3.05) is 0 Å². The predicted octanol–water partition coefficient (Wildman–Crippen LogP) is 9.30. The Morgan fingerprint density at radius 1 is 0.531 bits per heavy atom. The SMILES string of the molecule is CC(C)(O)C(C)(C)O[B]c1cc2c(-c3ccc4ccccc4c3)nc3ccccc3c2c2nc(-c3ccccc3)c(-c3ccccc3)nc12. The van der Waals surface area contributed by atoms with E-state index in [1.54, 1.807) is 21.3 Å². The van der Waals surface area contributed by atoms with Gasteiger partial charge in [0, 0.05) is 32.8 Å². The highest BCUT2D eigenvalue weighted by Crippen LogP contribution is 2.39. The van der Waals surface area contributed by atoms with Crippen LogP contribution < -0.4 is 5.46 Å². The van der Waals surface area contributed by atoms with E-state index in [4.69, 9.17) is 19.6 Å². The molecule has 0 saturated heterocycles. The molecule has 2 aromatic heterocycles. The number of aliphatic hydroxyl groups is 1. The van der Waals surface area contributed by atoms with Crippen molar-refractivity contribution < 1.29 is 9.76 Å². The minimum absolute atomic E-state index is 0.707. The number of aromatic nitrogens is 3. The van der Waals surface area contributed by atoms with Gasteiger partial charge in [0.2, 0.25) is 0 Å². The van der Waals surface area contributed by atoms with E-state index in [2.05, 4.69) is 84.9 Å². The van der Waals surface area contributed by atoms with Crippen molar-refractivity contribution in [2.24, 2.45) is 0 Å². The molecule has 5 nitrogen and oxygen atoms in total. The number of hydrogen-bond acceptors (Lipinski definition) is 5. The van der Waals surface area contributed by atoms with Crippen LogP contribution in [0.3, 0.4) is 0 Å². The first-order valence-corrected chi connectivity index (χ1v) is 16.6. The molecule has 0 atom stereocenters. The summed E-state index contributed by atoms with van der Waals surface area (Å²) >= 11 is 0. The second-order valence-electron chi connectivity index (χ2n) is 13.6. The lowest BCUT2D eigenvalue weighted by Crippen LogP contribution is -2.49. The molecule has 2 heterocycles. The average Bonchev–Trinajstić information content (AvgIpc) is 3.13. The Bertz CT molecular complexity index is 2510. The molecule has 0 aliphatic heterocycles. The molecule has 0 amide bonds. The number of benzene rings is 6. The molecule has 0 spiro atoms. The van der Waals surface area contributed by atoms with Crippen molar-refractivity contribution in [2.45, 2.75) is 38.9 Å². The molecule has 1 radical (unpaired) electrons. The van der Waals surface area contributed by atoms with Crippen LogP contribution in [0.4, 0.5) is 0 Å². The quantitative estimate of drug-likeness (QED) is 0.140. The van der Waals surface area contributed by atoms with Crippen molar-refractivity contribution in [3.05, 3.63) is 133 Å². The molecule has 0 fully saturated rings. The molecule has 8 aromatic rings. The molecule has 1 N–H and O–H groups in total. The molecule has 8 rings (SSSR count). The Balaban J connectivity index is 1.51. The van der Waals surface area contributed by atoms with Crippen LogP contribution in [0.2, 0.25) is 0 Å². The maximum absolute atomic E-state index is 11.0. The van der Waals surface area contributed by atoms with E-state index in [1.807, 2.05) is 62.4 Å². The summed E-state index contributed by atoms with van der Waals surface area (Å²) in [7, 11) is 1.73. The van der Waals surface area contributed by atoms with Crippen molar-refractivity contribution in [1.82, 2.24) is 15.0 Å². The fourth-order valence-electron chi connectivity index (χ4n) is 6.25. The van der Waals surface area contributed by atoms with Gasteiger partial charge in [0.15, 0.2) is 0 Å². The summed E-state index contributed by atoms with van der Waals surface area (Å²) in [5.74, 6) is 0. The highest BCUT2D eigenvalue weighted by atomic mass is 16.5. The van der Waals surface area contributed by atoms with Gasteiger partial charge in [-0.3, -0.25) is 0 Å². The molecule has 237 valence electrons. The first-order valence-electron chi connectivity index (χ1n) is 16.6. The van der Waals surface area contributed by atoms with Gasteiger partial charge in [-0.05, 0) is 56.1 Å². The summed E-state index contributed by atoms with van der Waals surface area (Å²) in [5.41, 5.74) is 6.48. The van der Waals surface area contributed by atoms with Crippen LogP contribution in [0.25, 0.3) is 77.3 Å². The van der Waals surface area contributed by atoms with Crippen LogP contribution in [0, 0.1) is 0 Å². The van der Waals surface area contributed by atoms with Crippen LogP contribution >= 0.6 is 0 Å². The zero-order valence-electron chi connectivity index (χ0n) is 28.0. The van der Waals surface area contributed by atoms with Crippen molar-refractivity contribution in [1.29, 1.82) is 0 Å². The largest absolute Gasteiger partial charge is 0.427 e. The van der Waals surface area contributed by atoms with Gasteiger partial charge in [0.25, 0.3) is 0 Å². The molecular formula is C43H35BN3O2. The molecular weight excluding hydrogens is 601 g/mol. The summed E-state index contributed by atoms with van der Waals surface area (Å²) in [5, 5.41) is 16.2. The fourth-order valence-corrected chi connectivity index (χ4v) is 6.25. The maximum Gasteiger partial charge on any atom is 0.333 e. The number of para-hydroxylation sites is 1. The number of pyridine rings is 1. The first kappa shape index (κ1) is 30.9. The van der Waals surface area contributed by atoms with Gasteiger partial charge < -0.3 is 9.76 Å². The van der Waals surface area contributed by atoms with Gasteiger partial charge in [-0.1, -0.05) is 121 Å². The molecule has 0 aliphatic carbocycles. The maximum atomic E-state index is 11.0. The molecule has 6 aromatic carbocycles. The third kappa shape index (κ3) is 5.53. The van der Waals surface area contributed by atoms with E-state index in [9.17, 15) is 5.11 Å². The minimum Gasteiger partial charge on any atom is -0.427 e. The van der Waals surface area contributed by atoms with Crippen LogP contribution in [0.5, 0.6) is 0 Å². The van der Waals surface area contributed by atoms with Crippen LogP contribution in [-0.4, -0.2) is 38.7 Å². The van der Waals surface area contributed by atoms with Gasteiger partial charge in [0.05, 0.1) is 44.8 Å². The normalized spacial score (nSPS) is 12.3. The summed E-state index contributed by atoms with van der Waals surface area (Å²) < 4.78 is 6.43. The molecule has 0 bridgehead atoms. The van der Waals surface area contributed by atoms with Crippen molar-refractivity contribution in [3.63, 3.8) is 0 Å². The van der Waals surface area contributed by atoms with Crippen molar-refractivity contribution in [3.8, 4) is 33.8 Å². The van der Waals surface area contributed by atoms with Crippen molar-refractivity contribution >= 4 is 56.4 Å². The van der Waals surface area contributed by atoms with Gasteiger partial charge in [-0.2, -0.15) is 0 Å². The van der Waals surface area contributed by atoms with Gasteiger partial charge in [-0.25, -0.2) is 15.0 Å². The van der Waals surface area contributed by atoms with E-state index in [1.165, 1.54) is 5.39 Å². The van der Waals surface area contributed by atoms with E-state index < -0.39 is 11.2 Å². The topological polar surface area (TPSA) is 68.1 Å². The second-order valence-corrected chi connectivity index (χ2v) is 13.6. The highest BCUT2D eigenvalue weighted by molar-refractivity contribution is 6.52. The number of fused-ring (bicyclic) bond motifs is 6. The smallest absolute Gasteiger partial charge is 0.333 e. The van der Waals surface area contributed by atoms with E-state index in [0.29, 0.717) is 5.52 Å². The van der Waals surface area contributed by atoms with Crippen LogP contribution in [0.1, 0.15) is 27.7 Å². The molecule has 0 saturated carbocycles. The molecule has 6 heteroatoms. The van der Waals surface area contributed by atoms with E-state index in [-0.39, 0.29) is 0 Å². The molecule has 0 aliphatic rings. The Labute approximate surface area is 286 Å². The zero-order chi connectivity index (χ0) is 33.8. The third-order valence-electron chi connectivity index (χ3n) is 9.71. The standard InChI is InChI=1S/C43H35BN3O2/c1-42(2,48)43(3,4)49-44-34-26-33-36(32-21-13-14-22-35(32)45-37(33)31-24-23-27-15-11-12-20-30(27)25-31)41-40(34)46-38(28-16-7-5-8-17-28)39(47-41)29-18-9-6-10-19-29/h5-26,48H,1-4H3. The minimum atomic E-state index is -1.11. The fraction of sp³-hybridized carbons (Fsp3) is 0.140. The molecule has 0 unspecified atom stereocenters. The van der Waals surface area contributed by atoms with Gasteiger partial charge >= 0.3 is 7.48 Å².